The van der Waals surface area contributed by atoms with Crippen LogP contribution in [0.4, 0.5) is 0 Å². The summed E-state index contributed by atoms with van der Waals surface area (Å²) in [6.45, 7) is 7.44. The molecule has 0 radical (unpaired) electrons. The number of hydrogen-bond acceptors (Lipinski definition) is 6. The second-order valence-electron chi connectivity index (χ2n) is 8.34. The van der Waals surface area contributed by atoms with Gasteiger partial charge >= 0.3 is 0 Å². The number of likely N-dealkylation sites (tertiary alicyclic amines) is 1. The van der Waals surface area contributed by atoms with E-state index >= 15 is 0 Å². The Morgan fingerprint density at radius 3 is 2.53 bits per heavy atom. The smallest absolute Gasteiger partial charge is 0.265 e. The molecular weight excluding hydrogens is 424 g/mol. The molecule has 8 heteroatoms. The minimum Gasteiger partial charge on any atom is -0.467 e. The van der Waals surface area contributed by atoms with Gasteiger partial charge in [0.1, 0.15) is 10.6 Å². The van der Waals surface area contributed by atoms with E-state index in [4.69, 9.17) is 9.40 Å². The molecule has 0 aliphatic carbocycles. The molecule has 4 rings (SSSR count). The first-order valence-electron chi connectivity index (χ1n) is 10.8. The molecule has 3 aromatic heterocycles. The maximum atomic E-state index is 13.2. The molecule has 168 valence electrons. The Hall–Kier alpha value is -3.00. The van der Waals surface area contributed by atoms with Gasteiger partial charge in [0.05, 0.1) is 34.8 Å². The molecule has 0 unspecified atom stereocenters. The lowest BCUT2D eigenvalue weighted by molar-refractivity contribution is 0.0709. The Morgan fingerprint density at radius 2 is 1.91 bits per heavy atom. The van der Waals surface area contributed by atoms with E-state index in [1.807, 2.05) is 49.9 Å². The van der Waals surface area contributed by atoms with Crippen LogP contribution in [-0.2, 0) is 6.54 Å². The van der Waals surface area contributed by atoms with Gasteiger partial charge in [-0.05, 0) is 57.9 Å². The number of aromatic nitrogens is 2. The summed E-state index contributed by atoms with van der Waals surface area (Å²) >= 11 is 1.45. The van der Waals surface area contributed by atoms with Crippen molar-refractivity contribution >= 4 is 23.2 Å². The number of thiazole rings is 1. The highest BCUT2D eigenvalue weighted by Gasteiger charge is 2.30. The molecule has 0 spiro atoms. The first-order chi connectivity index (χ1) is 15.3. The standard InChI is InChI=1S/C24H28N4O3S/c1-15-7-8-20(23(29)27(4)14-19-6-5-13-31-19)21(25-15)18-9-11-28(12-10-18)24(30)22-16(2)26-17(3)32-22/h5-8,13,18H,9-12,14H2,1-4H3. The molecule has 1 aliphatic heterocycles. The molecule has 0 bridgehead atoms. The van der Waals surface area contributed by atoms with Crippen LogP contribution in [0.25, 0.3) is 0 Å². The molecule has 0 aromatic carbocycles. The van der Waals surface area contributed by atoms with Gasteiger partial charge < -0.3 is 14.2 Å². The molecule has 7 nitrogen and oxygen atoms in total. The fourth-order valence-corrected chi connectivity index (χ4v) is 5.10. The van der Waals surface area contributed by atoms with Crippen LogP contribution in [0.5, 0.6) is 0 Å². The predicted molar refractivity (Wildman–Crippen MR) is 123 cm³/mol. The van der Waals surface area contributed by atoms with Crippen molar-refractivity contribution < 1.29 is 14.0 Å². The van der Waals surface area contributed by atoms with Crippen molar-refractivity contribution in [2.75, 3.05) is 20.1 Å². The van der Waals surface area contributed by atoms with Gasteiger partial charge in [0.2, 0.25) is 0 Å². The first-order valence-corrected chi connectivity index (χ1v) is 11.6. The number of carbonyl (C=O) groups is 2. The van der Waals surface area contributed by atoms with E-state index in [2.05, 4.69) is 4.98 Å². The Morgan fingerprint density at radius 1 is 1.16 bits per heavy atom. The number of hydrogen-bond donors (Lipinski definition) is 0. The van der Waals surface area contributed by atoms with Crippen LogP contribution in [0.1, 0.15) is 66.6 Å². The average molecular weight is 453 g/mol. The minimum atomic E-state index is -0.0711. The van der Waals surface area contributed by atoms with Crippen molar-refractivity contribution in [1.82, 2.24) is 19.8 Å². The zero-order valence-electron chi connectivity index (χ0n) is 18.9. The molecule has 2 amide bonds. The normalized spacial score (nSPS) is 14.6. The number of pyridine rings is 1. The van der Waals surface area contributed by atoms with E-state index in [0.717, 1.165) is 45.6 Å². The molecule has 0 atom stereocenters. The van der Waals surface area contributed by atoms with Crippen molar-refractivity contribution in [2.24, 2.45) is 0 Å². The third kappa shape index (κ3) is 4.60. The number of rotatable bonds is 5. The molecule has 0 N–H and O–H groups in total. The maximum Gasteiger partial charge on any atom is 0.265 e. The Balaban J connectivity index is 1.48. The molecule has 4 heterocycles. The number of furan rings is 1. The van der Waals surface area contributed by atoms with E-state index in [1.54, 1.807) is 18.2 Å². The van der Waals surface area contributed by atoms with Gasteiger partial charge in [-0.2, -0.15) is 0 Å². The number of piperidine rings is 1. The lowest BCUT2D eigenvalue weighted by atomic mass is 9.89. The zero-order valence-corrected chi connectivity index (χ0v) is 19.7. The number of carbonyl (C=O) groups excluding carboxylic acids is 2. The van der Waals surface area contributed by atoms with Crippen LogP contribution in [0.15, 0.2) is 34.9 Å². The van der Waals surface area contributed by atoms with E-state index in [-0.39, 0.29) is 17.7 Å². The highest BCUT2D eigenvalue weighted by Crippen LogP contribution is 2.31. The van der Waals surface area contributed by atoms with Crippen molar-refractivity contribution in [3.05, 3.63) is 68.8 Å². The van der Waals surface area contributed by atoms with Gasteiger partial charge in [-0.25, -0.2) is 4.98 Å². The summed E-state index contributed by atoms with van der Waals surface area (Å²) in [6.07, 6.45) is 3.17. The summed E-state index contributed by atoms with van der Waals surface area (Å²) in [4.78, 5) is 39.6. The van der Waals surface area contributed by atoms with E-state index in [9.17, 15) is 9.59 Å². The third-order valence-electron chi connectivity index (χ3n) is 5.88. The van der Waals surface area contributed by atoms with Crippen LogP contribution >= 0.6 is 11.3 Å². The number of amides is 2. The summed E-state index contributed by atoms with van der Waals surface area (Å²) in [5, 5.41) is 0.909. The van der Waals surface area contributed by atoms with Gasteiger partial charge in [0, 0.05) is 31.7 Å². The van der Waals surface area contributed by atoms with Gasteiger partial charge in [-0.3, -0.25) is 14.6 Å². The van der Waals surface area contributed by atoms with Crippen molar-refractivity contribution in [3.8, 4) is 0 Å². The zero-order chi connectivity index (χ0) is 22.8. The molecule has 32 heavy (non-hydrogen) atoms. The highest BCUT2D eigenvalue weighted by atomic mass is 32.1. The fourth-order valence-electron chi connectivity index (χ4n) is 4.21. The predicted octanol–water partition coefficient (Wildman–Crippen LogP) is 4.35. The lowest BCUT2D eigenvalue weighted by Crippen LogP contribution is -2.38. The van der Waals surface area contributed by atoms with Gasteiger partial charge in [-0.1, -0.05) is 0 Å². The SMILES string of the molecule is Cc1ccc(C(=O)N(C)Cc2ccco2)c(C2CCN(C(=O)c3sc(C)nc3C)CC2)n1. The highest BCUT2D eigenvalue weighted by molar-refractivity contribution is 7.13. The Labute approximate surface area is 192 Å². The first kappa shape index (κ1) is 22.2. The maximum absolute atomic E-state index is 13.2. The van der Waals surface area contributed by atoms with Crippen molar-refractivity contribution in [2.45, 2.75) is 46.1 Å². The summed E-state index contributed by atoms with van der Waals surface area (Å²) < 4.78 is 5.39. The van der Waals surface area contributed by atoms with Crippen LogP contribution in [0.3, 0.4) is 0 Å². The van der Waals surface area contributed by atoms with E-state index < -0.39 is 0 Å². The third-order valence-corrected chi connectivity index (χ3v) is 6.94. The molecule has 1 aliphatic rings. The fraction of sp³-hybridized carbons (Fsp3) is 0.417. The summed E-state index contributed by atoms with van der Waals surface area (Å²) in [6, 6.07) is 7.43. The van der Waals surface area contributed by atoms with E-state index in [0.29, 0.717) is 25.2 Å². The topological polar surface area (TPSA) is 79.5 Å². The number of aryl methyl sites for hydroxylation is 3. The van der Waals surface area contributed by atoms with Crippen LogP contribution in [0.2, 0.25) is 0 Å². The van der Waals surface area contributed by atoms with Crippen LogP contribution in [0, 0.1) is 20.8 Å². The molecule has 0 saturated carbocycles. The molecule has 1 saturated heterocycles. The molecule has 1 fully saturated rings. The minimum absolute atomic E-state index is 0.0539. The average Bonchev–Trinajstić information content (AvgIpc) is 3.41. The largest absolute Gasteiger partial charge is 0.467 e. The number of nitrogens with zero attached hydrogens (tertiary/aromatic N) is 4. The van der Waals surface area contributed by atoms with Crippen molar-refractivity contribution in [3.63, 3.8) is 0 Å². The summed E-state index contributed by atoms with van der Waals surface area (Å²) in [5.74, 6) is 0.860. The molecule has 3 aromatic rings. The van der Waals surface area contributed by atoms with Crippen LogP contribution < -0.4 is 0 Å². The molecular formula is C24H28N4O3S. The summed E-state index contributed by atoms with van der Waals surface area (Å²) in [7, 11) is 1.77. The van der Waals surface area contributed by atoms with Crippen LogP contribution in [-0.4, -0.2) is 51.7 Å². The quantitative estimate of drug-likeness (QED) is 0.575. The van der Waals surface area contributed by atoms with Gasteiger partial charge in [0.15, 0.2) is 0 Å². The Bertz CT molecular complexity index is 1110. The summed E-state index contributed by atoms with van der Waals surface area (Å²) in [5.41, 5.74) is 3.15. The monoisotopic (exact) mass is 452 g/mol. The van der Waals surface area contributed by atoms with Crippen molar-refractivity contribution in [1.29, 1.82) is 0 Å². The van der Waals surface area contributed by atoms with Gasteiger partial charge in [0.25, 0.3) is 11.8 Å². The lowest BCUT2D eigenvalue weighted by Gasteiger charge is -2.32. The Kier molecular flexibility index (Phi) is 6.41. The van der Waals surface area contributed by atoms with E-state index in [1.165, 1.54) is 11.3 Å². The second kappa shape index (κ2) is 9.24. The second-order valence-corrected chi connectivity index (χ2v) is 9.54. The van der Waals surface area contributed by atoms with Gasteiger partial charge in [-0.15, -0.1) is 11.3 Å².